The maximum absolute atomic E-state index is 10.5. The second-order valence-electron chi connectivity index (χ2n) is 2.74. The van der Waals surface area contributed by atoms with Gasteiger partial charge in [-0.3, -0.25) is 10.0 Å². The zero-order valence-corrected chi connectivity index (χ0v) is 7.94. The Labute approximate surface area is 78.1 Å². The van der Waals surface area contributed by atoms with Gasteiger partial charge in [0.1, 0.15) is 0 Å². The summed E-state index contributed by atoms with van der Waals surface area (Å²) in [5, 5.41) is 8.16. The lowest BCUT2D eigenvalue weighted by Crippen LogP contribution is -2.17. The number of hydroxylamine groups is 1. The Morgan fingerprint density at radius 3 is 2.33 bits per heavy atom. The molecular weight excluding hydrogens is 178 g/mol. The Morgan fingerprint density at radius 1 is 1.17 bits per heavy atom. The molecule has 0 aromatic heterocycles. The van der Waals surface area contributed by atoms with Gasteiger partial charge < -0.3 is 0 Å². The van der Waals surface area contributed by atoms with Crippen LogP contribution in [0, 0.1) is 0 Å². The third-order valence-corrected chi connectivity index (χ3v) is 1.93. The molecule has 0 heterocycles. The van der Waals surface area contributed by atoms with Crippen molar-refractivity contribution in [2.75, 3.05) is 5.88 Å². The molecule has 3 nitrogen and oxygen atoms in total. The lowest BCUT2D eigenvalue weighted by Gasteiger charge is -1.98. The van der Waals surface area contributed by atoms with Crippen molar-refractivity contribution in [1.29, 1.82) is 0 Å². The first-order valence-corrected chi connectivity index (χ1v) is 4.83. The van der Waals surface area contributed by atoms with Crippen molar-refractivity contribution >= 4 is 17.5 Å². The molecule has 4 heteroatoms. The largest absolute Gasteiger partial charge is 0.289 e. The maximum Gasteiger partial charge on any atom is 0.243 e. The summed E-state index contributed by atoms with van der Waals surface area (Å²) in [6, 6.07) is 0. The van der Waals surface area contributed by atoms with E-state index in [2.05, 4.69) is 0 Å². The fourth-order valence-corrected chi connectivity index (χ4v) is 1.16. The summed E-state index contributed by atoms with van der Waals surface area (Å²) >= 11 is 5.49. The summed E-state index contributed by atoms with van der Waals surface area (Å²) < 4.78 is 0. The highest BCUT2D eigenvalue weighted by atomic mass is 35.5. The highest BCUT2D eigenvalue weighted by Gasteiger charge is 1.97. The number of unbranched alkanes of at least 4 members (excludes halogenated alkanes) is 4. The van der Waals surface area contributed by atoms with Gasteiger partial charge in [0, 0.05) is 12.3 Å². The quantitative estimate of drug-likeness (QED) is 0.282. The van der Waals surface area contributed by atoms with E-state index in [0.717, 1.165) is 38.0 Å². The summed E-state index contributed by atoms with van der Waals surface area (Å²) in [5.74, 6) is 0.421. The maximum atomic E-state index is 10.5. The lowest BCUT2D eigenvalue weighted by molar-refractivity contribution is -0.129. The van der Waals surface area contributed by atoms with E-state index in [-0.39, 0.29) is 5.91 Å². The van der Waals surface area contributed by atoms with E-state index in [1.165, 1.54) is 0 Å². The molecule has 0 saturated carbocycles. The van der Waals surface area contributed by atoms with Crippen LogP contribution in [-0.4, -0.2) is 17.0 Å². The molecule has 0 fully saturated rings. The van der Waals surface area contributed by atoms with Gasteiger partial charge in [0.25, 0.3) is 0 Å². The number of carbonyl (C=O) groups excluding carboxylic acids is 1. The fourth-order valence-electron chi connectivity index (χ4n) is 0.966. The summed E-state index contributed by atoms with van der Waals surface area (Å²) in [4.78, 5) is 10.5. The molecule has 0 spiro atoms. The van der Waals surface area contributed by atoms with E-state index in [1.54, 1.807) is 5.48 Å². The zero-order valence-electron chi connectivity index (χ0n) is 7.18. The Hall–Kier alpha value is -0.280. The number of hydrogen-bond acceptors (Lipinski definition) is 2. The Balaban J connectivity index is 2.95. The molecular formula is C8H16ClNO2. The molecule has 1 amide bonds. The van der Waals surface area contributed by atoms with Gasteiger partial charge in [-0.05, 0) is 12.8 Å². The number of rotatable bonds is 7. The smallest absolute Gasteiger partial charge is 0.243 e. The summed E-state index contributed by atoms with van der Waals surface area (Å²) in [6.45, 7) is 0. The monoisotopic (exact) mass is 193 g/mol. The van der Waals surface area contributed by atoms with Crippen molar-refractivity contribution in [3.8, 4) is 0 Å². The van der Waals surface area contributed by atoms with Crippen LogP contribution in [0.2, 0.25) is 0 Å². The van der Waals surface area contributed by atoms with Crippen LogP contribution in [0.1, 0.15) is 38.5 Å². The minimum Gasteiger partial charge on any atom is -0.289 e. The molecule has 12 heavy (non-hydrogen) atoms. The Morgan fingerprint density at radius 2 is 1.75 bits per heavy atom. The molecule has 0 aliphatic carbocycles. The SMILES string of the molecule is O=C(CCCCCCCCl)NO. The second-order valence-corrected chi connectivity index (χ2v) is 3.12. The summed E-state index contributed by atoms with van der Waals surface area (Å²) in [5.41, 5.74) is 1.61. The minimum atomic E-state index is -0.299. The summed E-state index contributed by atoms with van der Waals surface area (Å²) in [7, 11) is 0. The Kier molecular flexibility index (Phi) is 8.61. The summed E-state index contributed by atoms with van der Waals surface area (Å²) in [6.07, 6.45) is 5.58. The first kappa shape index (κ1) is 11.7. The minimum absolute atomic E-state index is 0.299. The van der Waals surface area contributed by atoms with Gasteiger partial charge in [-0.2, -0.15) is 0 Å². The first-order chi connectivity index (χ1) is 5.81. The predicted octanol–water partition coefficient (Wildman–Crippen LogP) is 2.07. The highest BCUT2D eigenvalue weighted by molar-refractivity contribution is 6.17. The molecule has 0 aliphatic rings. The molecule has 0 unspecified atom stereocenters. The van der Waals surface area contributed by atoms with Crippen LogP contribution in [0.4, 0.5) is 0 Å². The zero-order chi connectivity index (χ0) is 9.23. The topological polar surface area (TPSA) is 49.3 Å². The second kappa shape index (κ2) is 8.81. The van der Waals surface area contributed by atoms with E-state index >= 15 is 0 Å². The number of hydrogen-bond donors (Lipinski definition) is 2. The van der Waals surface area contributed by atoms with Gasteiger partial charge in [-0.1, -0.05) is 19.3 Å². The van der Waals surface area contributed by atoms with Gasteiger partial charge in [0.2, 0.25) is 5.91 Å². The van der Waals surface area contributed by atoms with Crippen LogP contribution in [0.5, 0.6) is 0 Å². The van der Waals surface area contributed by atoms with E-state index in [4.69, 9.17) is 16.8 Å². The molecule has 0 radical (unpaired) electrons. The molecule has 72 valence electrons. The van der Waals surface area contributed by atoms with Crippen LogP contribution in [-0.2, 0) is 4.79 Å². The van der Waals surface area contributed by atoms with Gasteiger partial charge in [0.15, 0.2) is 0 Å². The average Bonchev–Trinajstić information content (AvgIpc) is 2.10. The molecule has 0 aromatic carbocycles. The molecule has 0 atom stereocenters. The fraction of sp³-hybridized carbons (Fsp3) is 0.875. The molecule has 0 bridgehead atoms. The van der Waals surface area contributed by atoms with Gasteiger partial charge in [0.05, 0.1) is 0 Å². The third kappa shape index (κ3) is 7.82. The molecule has 0 rings (SSSR count). The van der Waals surface area contributed by atoms with Crippen LogP contribution in [0.15, 0.2) is 0 Å². The van der Waals surface area contributed by atoms with Gasteiger partial charge >= 0.3 is 0 Å². The van der Waals surface area contributed by atoms with Crippen LogP contribution in [0.25, 0.3) is 0 Å². The highest BCUT2D eigenvalue weighted by Crippen LogP contribution is 2.05. The van der Waals surface area contributed by atoms with E-state index in [0.29, 0.717) is 6.42 Å². The van der Waals surface area contributed by atoms with Crippen molar-refractivity contribution in [3.05, 3.63) is 0 Å². The Bertz CT molecular complexity index is 120. The molecule has 0 saturated heterocycles. The molecule has 0 aliphatic heterocycles. The van der Waals surface area contributed by atoms with Crippen molar-refractivity contribution < 1.29 is 10.0 Å². The first-order valence-electron chi connectivity index (χ1n) is 4.30. The normalized spacial score (nSPS) is 9.83. The van der Waals surface area contributed by atoms with Crippen LogP contribution < -0.4 is 5.48 Å². The lowest BCUT2D eigenvalue weighted by atomic mass is 10.1. The van der Waals surface area contributed by atoms with Crippen molar-refractivity contribution in [2.45, 2.75) is 38.5 Å². The van der Waals surface area contributed by atoms with Gasteiger partial charge in [-0.15, -0.1) is 11.6 Å². The van der Waals surface area contributed by atoms with E-state index in [1.807, 2.05) is 0 Å². The van der Waals surface area contributed by atoms with Crippen molar-refractivity contribution in [1.82, 2.24) is 5.48 Å². The number of alkyl halides is 1. The van der Waals surface area contributed by atoms with Crippen molar-refractivity contribution in [3.63, 3.8) is 0 Å². The average molecular weight is 194 g/mol. The predicted molar refractivity (Wildman–Crippen MR) is 48.4 cm³/mol. The van der Waals surface area contributed by atoms with E-state index < -0.39 is 0 Å². The third-order valence-electron chi connectivity index (χ3n) is 1.66. The number of carbonyl (C=O) groups is 1. The standard InChI is InChI=1S/C8H16ClNO2/c9-7-5-3-1-2-4-6-8(11)10-12/h12H,1-7H2,(H,10,11). The molecule has 0 aromatic rings. The van der Waals surface area contributed by atoms with Crippen LogP contribution in [0.3, 0.4) is 0 Å². The van der Waals surface area contributed by atoms with Crippen molar-refractivity contribution in [2.24, 2.45) is 0 Å². The number of nitrogens with one attached hydrogen (secondary N) is 1. The van der Waals surface area contributed by atoms with Gasteiger partial charge in [-0.25, -0.2) is 5.48 Å². The molecule has 2 N–H and O–H groups in total. The number of amides is 1. The van der Waals surface area contributed by atoms with E-state index in [9.17, 15) is 4.79 Å². The number of halogens is 1. The van der Waals surface area contributed by atoms with Crippen LogP contribution >= 0.6 is 11.6 Å².